The van der Waals surface area contributed by atoms with Gasteiger partial charge in [0.25, 0.3) is 0 Å². The summed E-state index contributed by atoms with van der Waals surface area (Å²) in [5.41, 5.74) is 3.14. The van der Waals surface area contributed by atoms with Crippen LogP contribution in [-0.2, 0) is 6.54 Å². The summed E-state index contributed by atoms with van der Waals surface area (Å²) in [5, 5.41) is 3.27. The van der Waals surface area contributed by atoms with Crippen molar-refractivity contribution in [3.8, 4) is 11.8 Å². The van der Waals surface area contributed by atoms with Gasteiger partial charge < -0.3 is 14.5 Å². The van der Waals surface area contributed by atoms with Crippen molar-refractivity contribution in [3.63, 3.8) is 0 Å². The van der Waals surface area contributed by atoms with Crippen LogP contribution >= 0.6 is 0 Å². The maximum absolute atomic E-state index is 5.65. The van der Waals surface area contributed by atoms with E-state index in [4.69, 9.17) is 9.15 Å². The molecule has 1 aromatic heterocycles. The predicted octanol–water partition coefficient (Wildman–Crippen LogP) is 3.58. The highest BCUT2D eigenvalue weighted by atomic mass is 16.6. The van der Waals surface area contributed by atoms with Gasteiger partial charge in [-0.2, -0.15) is 4.98 Å². The van der Waals surface area contributed by atoms with Crippen LogP contribution in [0.1, 0.15) is 30.2 Å². The molecule has 0 saturated carbocycles. The lowest BCUT2D eigenvalue weighted by Crippen LogP contribution is -2.13. The Morgan fingerprint density at radius 1 is 1.32 bits per heavy atom. The number of aromatic nitrogens is 1. The van der Waals surface area contributed by atoms with E-state index in [1.54, 1.807) is 6.26 Å². The van der Waals surface area contributed by atoms with Crippen molar-refractivity contribution in [2.24, 2.45) is 0 Å². The van der Waals surface area contributed by atoms with E-state index < -0.39 is 0 Å². The Morgan fingerprint density at radius 3 is 2.89 bits per heavy atom. The molecule has 1 N–H and O–H groups in total. The Morgan fingerprint density at radius 2 is 2.16 bits per heavy atom. The van der Waals surface area contributed by atoms with E-state index in [1.165, 1.54) is 5.56 Å². The first-order chi connectivity index (χ1) is 9.19. The van der Waals surface area contributed by atoms with Crippen LogP contribution < -0.4 is 10.1 Å². The monoisotopic (exact) mass is 260 g/mol. The number of nitrogens with zero attached hydrogens (tertiary/aromatic N) is 1. The molecule has 4 heteroatoms. The van der Waals surface area contributed by atoms with Gasteiger partial charge in [-0.3, -0.25) is 0 Å². The van der Waals surface area contributed by atoms with Gasteiger partial charge >= 0.3 is 6.08 Å². The van der Waals surface area contributed by atoms with Gasteiger partial charge in [-0.05, 0) is 38.4 Å². The molecule has 0 spiro atoms. The van der Waals surface area contributed by atoms with Crippen LogP contribution in [0.15, 0.2) is 28.9 Å². The van der Waals surface area contributed by atoms with Crippen LogP contribution in [0.25, 0.3) is 0 Å². The van der Waals surface area contributed by atoms with E-state index in [1.807, 2.05) is 19.1 Å². The second kappa shape index (κ2) is 6.38. The first-order valence-corrected chi connectivity index (χ1v) is 6.59. The fourth-order valence-corrected chi connectivity index (χ4v) is 1.82. The van der Waals surface area contributed by atoms with Gasteiger partial charge in [-0.25, -0.2) is 0 Å². The zero-order valence-electron chi connectivity index (χ0n) is 11.7. The van der Waals surface area contributed by atoms with Gasteiger partial charge in [0, 0.05) is 6.54 Å². The van der Waals surface area contributed by atoms with Crippen molar-refractivity contribution < 1.29 is 9.15 Å². The van der Waals surface area contributed by atoms with Gasteiger partial charge in [0.1, 0.15) is 12.0 Å². The number of oxazole rings is 1. The van der Waals surface area contributed by atoms with Crippen molar-refractivity contribution in [3.05, 3.63) is 41.3 Å². The third-order valence-electron chi connectivity index (χ3n) is 2.79. The summed E-state index contributed by atoms with van der Waals surface area (Å²) in [6, 6.07) is 6.01. The number of hydrogen-bond acceptors (Lipinski definition) is 4. The predicted molar refractivity (Wildman–Crippen MR) is 74.5 cm³/mol. The van der Waals surface area contributed by atoms with Crippen LogP contribution in [0, 0.1) is 13.8 Å². The minimum atomic E-state index is 0.292. The van der Waals surface area contributed by atoms with Crippen molar-refractivity contribution >= 4 is 0 Å². The highest BCUT2D eigenvalue weighted by Gasteiger charge is 2.08. The average molecular weight is 260 g/mol. The number of aryl methyl sites for hydroxylation is 2. The summed E-state index contributed by atoms with van der Waals surface area (Å²) in [7, 11) is 0. The van der Waals surface area contributed by atoms with Crippen molar-refractivity contribution in [2.75, 3.05) is 6.54 Å². The zero-order chi connectivity index (χ0) is 13.7. The molecular weight excluding hydrogens is 240 g/mol. The Kier molecular flexibility index (Phi) is 4.58. The SMILES string of the molecule is CCCNCc1coc(Oc2ccc(C)cc2C)n1. The van der Waals surface area contributed by atoms with Crippen molar-refractivity contribution in [1.82, 2.24) is 10.3 Å². The summed E-state index contributed by atoms with van der Waals surface area (Å²) >= 11 is 0. The largest absolute Gasteiger partial charge is 0.417 e. The quantitative estimate of drug-likeness (QED) is 0.806. The van der Waals surface area contributed by atoms with Crippen LogP contribution in [-0.4, -0.2) is 11.5 Å². The number of nitrogens with one attached hydrogen (secondary N) is 1. The summed E-state index contributed by atoms with van der Waals surface area (Å²) in [6.07, 6.45) is 3.02. The standard InChI is InChI=1S/C15H20N2O2/c1-4-7-16-9-13-10-18-15(17-13)19-14-6-5-11(2)8-12(14)3/h5-6,8,10,16H,4,7,9H2,1-3H3. The molecule has 0 aliphatic carbocycles. The normalized spacial score (nSPS) is 10.7. The molecule has 4 nitrogen and oxygen atoms in total. The fraction of sp³-hybridized carbons (Fsp3) is 0.400. The highest BCUT2D eigenvalue weighted by molar-refractivity contribution is 5.36. The molecule has 0 aliphatic heterocycles. The molecule has 2 rings (SSSR count). The van der Waals surface area contributed by atoms with Crippen LogP contribution in [0.5, 0.6) is 11.8 Å². The molecule has 2 aromatic rings. The molecule has 19 heavy (non-hydrogen) atoms. The summed E-state index contributed by atoms with van der Waals surface area (Å²) in [6.45, 7) is 7.87. The third kappa shape index (κ3) is 3.83. The Labute approximate surface area is 113 Å². The fourth-order valence-electron chi connectivity index (χ4n) is 1.82. The first-order valence-electron chi connectivity index (χ1n) is 6.59. The molecule has 0 bridgehead atoms. The van der Waals surface area contributed by atoms with Crippen LogP contribution in [0.4, 0.5) is 0 Å². The third-order valence-corrected chi connectivity index (χ3v) is 2.79. The van der Waals surface area contributed by atoms with Crippen LogP contribution in [0.2, 0.25) is 0 Å². The molecule has 102 valence electrons. The number of hydrogen-bond donors (Lipinski definition) is 1. The molecule has 0 unspecified atom stereocenters. The molecule has 0 fully saturated rings. The summed E-state index contributed by atoms with van der Waals surface area (Å²) in [4.78, 5) is 4.29. The highest BCUT2D eigenvalue weighted by Crippen LogP contribution is 2.25. The van der Waals surface area contributed by atoms with E-state index in [-0.39, 0.29) is 0 Å². The summed E-state index contributed by atoms with van der Waals surface area (Å²) in [5.74, 6) is 0.778. The number of ether oxygens (including phenoxy) is 1. The first kappa shape index (κ1) is 13.6. The van der Waals surface area contributed by atoms with E-state index in [0.29, 0.717) is 12.6 Å². The molecule has 1 aromatic carbocycles. The average Bonchev–Trinajstić information content (AvgIpc) is 2.81. The minimum absolute atomic E-state index is 0.292. The lowest BCUT2D eigenvalue weighted by Gasteiger charge is -2.05. The Bertz CT molecular complexity index is 535. The van der Waals surface area contributed by atoms with Gasteiger partial charge in [-0.1, -0.05) is 24.6 Å². The molecule has 0 saturated heterocycles. The molecular formula is C15H20N2O2. The molecule has 0 aliphatic rings. The van der Waals surface area contributed by atoms with E-state index in [9.17, 15) is 0 Å². The smallest absolute Gasteiger partial charge is 0.399 e. The zero-order valence-corrected chi connectivity index (χ0v) is 11.7. The number of rotatable bonds is 6. The second-order valence-electron chi connectivity index (χ2n) is 4.65. The molecule has 0 atom stereocenters. The minimum Gasteiger partial charge on any atom is -0.417 e. The van der Waals surface area contributed by atoms with Gasteiger partial charge in [-0.15, -0.1) is 0 Å². The van der Waals surface area contributed by atoms with Gasteiger partial charge in [0.05, 0.1) is 5.69 Å². The van der Waals surface area contributed by atoms with Gasteiger partial charge in [0.15, 0.2) is 0 Å². The molecule has 0 radical (unpaired) electrons. The second-order valence-corrected chi connectivity index (χ2v) is 4.65. The molecule has 0 amide bonds. The lowest BCUT2D eigenvalue weighted by atomic mass is 10.1. The Hall–Kier alpha value is -1.81. The maximum atomic E-state index is 5.65. The van der Waals surface area contributed by atoms with Crippen molar-refractivity contribution in [1.29, 1.82) is 0 Å². The van der Waals surface area contributed by atoms with Crippen molar-refractivity contribution in [2.45, 2.75) is 33.7 Å². The number of benzene rings is 1. The van der Waals surface area contributed by atoms with E-state index in [2.05, 4.69) is 30.2 Å². The summed E-state index contributed by atoms with van der Waals surface area (Å²) < 4.78 is 11.0. The maximum Gasteiger partial charge on any atom is 0.399 e. The van der Waals surface area contributed by atoms with Crippen LogP contribution in [0.3, 0.4) is 0 Å². The van der Waals surface area contributed by atoms with Gasteiger partial charge in [0.2, 0.25) is 0 Å². The van der Waals surface area contributed by atoms with E-state index in [0.717, 1.165) is 30.0 Å². The van der Waals surface area contributed by atoms with E-state index >= 15 is 0 Å². The lowest BCUT2D eigenvalue weighted by molar-refractivity contribution is 0.329. The molecule has 1 heterocycles. The Balaban J connectivity index is 1.99. The topological polar surface area (TPSA) is 47.3 Å².